The van der Waals surface area contributed by atoms with Crippen molar-refractivity contribution in [2.24, 2.45) is 0 Å². The Morgan fingerprint density at radius 1 is 1.13 bits per heavy atom. The number of pyridine rings is 1. The second-order valence-corrected chi connectivity index (χ2v) is 7.13. The fourth-order valence-corrected chi connectivity index (χ4v) is 3.28. The van der Waals surface area contributed by atoms with Crippen LogP contribution in [0.5, 0.6) is 0 Å². The van der Waals surface area contributed by atoms with Crippen LogP contribution in [0.1, 0.15) is 18.1 Å². The van der Waals surface area contributed by atoms with Crippen molar-refractivity contribution in [1.29, 1.82) is 0 Å². The van der Waals surface area contributed by atoms with E-state index in [1.807, 2.05) is 36.4 Å². The maximum Gasteiger partial charge on any atom is 0.331 e. The minimum Gasteiger partial charge on any atom is -0.452 e. The molecule has 3 rings (SSSR count). The summed E-state index contributed by atoms with van der Waals surface area (Å²) in [7, 11) is 0. The highest BCUT2D eigenvalue weighted by atomic mass is 16.5. The van der Waals surface area contributed by atoms with Crippen molar-refractivity contribution < 1.29 is 14.3 Å². The van der Waals surface area contributed by atoms with Crippen molar-refractivity contribution >= 4 is 34.5 Å². The molecule has 1 amide bonds. The molecule has 0 radical (unpaired) electrons. The highest BCUT2D eigenvalue weighted by Gasteiger charge is 2.08. The first kappa shape index (κ1) is 22.0. The molecule has 6 nitrogen and oxygen atoms in total. The van der Waals surface area contributed by atoms with Gasteiger partial charge in [-0.25, -0.2) is 4.79 Å². The highest BCUT2D eigenvalue weighted by molar-refractivity contribution is 5.93. The third-order valence-corrected chi connectivity index (χ3v) is 4.86. The number of aromatic nitrogens is 1. The summed E-state index contributed by atoms with van der Waals surface area (Å²) in [4.78, 5) is 30.5. The monoisotopic (exact) mass is 417 g/mol. The van der Waals surface area contributed by atoms with E-state index < -0.39 is 5.97 Å². The molecule has 2 aromatic carbocycles. The van der Waals surface area contributed by atoms with Crippen LogP contribution in [0.15, 0.2) is 66.9 Å². The molecule has 0 spiro atoms. The van der Waals surface area contributed by atoms with Gasteiger partial charge in [0.1, 0.15) is 0 Å². The normalized spacial score (nSPS) is 10.9. The molecule has 0 saturated carbocycles. The van der Waals surface area contributed by atoms with Gasteiger partial charge >= 0.3 is 5.97 Å². The summed E-state index contributed by atoms with van der Waals surface area (Å²) in [5.74, 6) is -0.896. The predicted octanol–water partition coefficient (Wildman–Crippen LogP) is 3.74. The summed E-state index contributed by atoms with van der Waals surface area (Å²) in [6, 6.07) is 17.8. The van der Waals surface area contributed by atoms with Gasteiger partial charge in [-0.05, 0) is 43.7 Å². The smallest absolute Gasteiger partial charge is 0.331 e. The predicted molar refractivity (Wildman–Crippen MR) is 124 cm³/mol. The lowest BCUT2D eigenvalue weighted by Gasteiger charge is -2.23. The summed E-state index contributed by atoms with van der Waals surface area (Å²) in [6.07, 6.45) is 4.67. The number of aryl methyl sites for hydroxylation is 1. The van der Waals surface area contributed by atoms with Crippen LogP contribution in [0.2, 0.25) is 0 Å². The molecule has 1 heterocycles. The van der Waals surface area contributed by atoms with Gasteiger partial charge in [-0.2, -0.15) is 0 Å². The fourth-order valence-electron chi connectivity index (χ4n) is 3.28. The van der Waals surface area contributed by atoms with E-state index in [2.05, 4.69) is 47.2 Å². The Labute approximate surface area is 182 Å². The van der Waals surface area contributed by atoms with Crippen molar-refractivity contribution in [3.8, 4) is 0 Å². The second-order valence-electron chi connectivity index (χ2n) is 7.13. The number of carbonyl (C=O) groups is 2. The van der Waals surface area contributed by atoms with Crippen LogP contribution in [0.25, 0.3) is 17.0 Å². The van der Waals surface area contributed by atoms with Crippen molar-refractivity contribution in [3.63, 3.8) is 0 Å². The van der Waals surface area contributed by atoms with E-state index in [-0.39, 0.29) is 12.5 Å². The topological polar surface area (TPSA) is 71.5 Å². The maximum atomic E-state index is 12.0. The van der Waals surface area contributed by atoms with E-state index in [1.54, 1.807) is 12.3 Å². The molecule has 160 valence electrons. The van der Waals surface area contributed by atoms with E-state index >= 15 is 0 Å². The van der Waals surface area contributed by atoms with Gasteiger partial charge in [0, 0.05) is 48.5 Å². The van der Waals surface area contributed by atoms with Crippen molar-refractivity contribution in [2.75, 3.05) is 31.1 Å². The van der Waals surface area contributed by atoms with Gasteiger partial charge in [-0.1, -0.05) is 36.4 Å². The number of anilines is 1. The lowest BCUT2D eigenvalue weighted by atomic mass is 10.1. The first-order valence-corrected chi connectivity index (χ1v) is 10.3. The summed E-state index contributed by atoms with van der Waals surface area (Å²) >= 11 is 0. The quantitative estimate of drug-likeness (QED) is 0.424. The molecule has 1 N–H and O–H groups in total. The number of ether oxygens (including phenoxy) is 1. The molecule has 0 aliphatic rings. The molecule has 0 saturated heterocycles. The number of hydrogen-bond acceptors (Lipinski definition) is 5. The zero-order valence-corrected chi connectivity index (χ0v) is 17.9. The van der Waals surface area contributed by atoms with E-state index in [1.165, 1.54) is 11.6 Å². The molecular formula is C25H27N3O3. The molecule has 0 fully saturated rings. The third kappa shape index (κ3) is 6.40. The molecule has 3 aromatic rings. The molecule has 31 heavy (non-hydrogen) atoms. The number of carbonyl (C=O) groups excluding carboxylic acids is 2. The highest BCUT2D eigenvalue weighted by Crippen LogP contribution is 2.17. The zero-order chi connectivity index (χ0) is 22.1. The molecule has 0 atom stereocenters. The van der Waals surface area contributed by atoms with Crippen LogP contribution in [0.3, 0.4) is 0 Å². The number of nitrogens with one attached hydrogen (secondary N) is 1. The molecule has 6 heteroatoms. The number of para-hydroxylation sites is 1. The third-order valence-electron chi connectivity index (χ3n) is 4.86. The van der Waals surface area contributed by atoms with Gasteiger partial charge < -0.3 is 15.0 Å². The molecule has 0 bridgehead atoms. The van der Waals surface area contributed by atoms with E-state index in [0.717, 1.165) is 28.7 Å². The van der Waals surface area contributed by atoms with Gasteiger partial charge in [0.2, 0.25) is 0 Å². The number of nitrogens with zero attached hydrogens (tertiary/aromatic N) is 2. The Kier molecular flexibility index (Phi) is 7.76. The van der Waals surface area contributed by atoms with Crippen LogP contribution in [-0.2, 0) is 14.3 Å². The van der Waals surface area contributed by atoms with Gasteiger partial charge in [0.25, 0.3) is 5.91 Å². The van der Waals surface area contributed by atoms with Crippen LogP contribution >= 0.6 is 0 Å². The van der Waals surface area contributed by atoms with Gasteiger partial charge in [0.15, 0.2) is 6.61 Å². The lowest BCUT2D eigenvalue weighted by Crippen LogP contribution is -2.36. The number of fused-ring (bicyclic) bond motifs is 1. The van der Waals surface area contributed by atoms with Crippen molar-refractivity contribution in [3.05, 3.63) is 78.0 Å². The van der Waals surface area contributed by atoms with E-state index in [9.17, 15) is 9.59 Å². The minimum absolute atomic E-state index is 0.312. The molecule has 0 aliphatic heterocycles. The second kappa shape index (κ2) is 10.9. The van der Waals surface area contributed by atoms with Crippen LogP contribution in [-0.4, -0.2) is 43.1 Å². The summed E-state index contributed by atoms with van der Waals surface area (Å²) in [5, 5.41) is 3.78. The number of benzene rings is 2. The molecule has 0 unspecified atom stereocenters. The number of hydrogen-bond donors (Lipinski definition) is 1. The Balaban J connectivity index is 1.44. The number of amides is 1. The summed E-state index contributed by atoms with van der Waals surface area (Å²) < 4.78 is 5.05. The number of likely N-dealkylation sites (N-methyl/N-ethyl adjacent to an activating group) is 1. The largest absolute Gasteiger partial charge is 0.452 e. The fraction of sp³-hybridized carbons (Fsp3) is 0.240. The standard InChI is InChI=1S/C25H27N3O3/c1-3-28(22-11-4-7-19(2)17-22)16-15-26-23(29)18-31-24(30)13-12-21-9-5-8-20-10-6-14-27-25(20)21/h4-14,17H,3,15-16,18H2,1-2H3,(H,26,29)/b13-12+. The molecular weight excluding hydrogens is 390 g/mol. The lowest BCUT2D eigenvalue weighted by molar-refractivity contribution is -0.143. The number of esters is 1. The van der Waals surface area contributed by atoms with Gasteiger partial charge in [-0.15, -0.1) is 0 Å². The van der Waals surface area contributed by atoms with Crippen molar-refractivity contribution in [1.82, 2.24) is 10.3 Å². The SMILES string of the molecule is CCN(CCNC(=O)COC(=O)/C=C/c1cccc2cccnc12)c1cccc(C)c1. The molecule has 1 aromatic heterocycles. The Morgan fingerprint density at radius 3 is 2.74 bits per heavy atom. The molecule has 0 aliphatic carbocycles. The zero-order valence-electron chi connectivity index (χ0n) is 17.9. The maximum absolute atomic E-state index is 12.0. The minimum atomic E-state index is -0.571. The summed E-state index contributed by atoms with van der Waals surface area (Å²) in [6.45, 7) is 5.79. The first-order chi connectivity index (χ1) is 15.1. The van der Waals surface area contributed by atoms with Crippen LogP contribution in [0, 0.1) is 6.92 Å². The average Bonchev–Trinajstić information content (AvgIpc) is 2.79. The van der Waals surface area contributed by atoms with Crippen LogP contribution in [0.4, 0.5) is 5.69 Å². The first-order valence-electron chi connectivity index (χ1n) is 10.3. The number of rotatable bonds is 9. The Bertz CT molecular complexity index is 1070. The van der Waals surface area contributed by atoms with Crippen LogP contribution < -0.4 is 10.2 Å². The Morgan fingerprint density at radius 2 is 1.94 bits per heavy atom. The van der Waals surface area contributed by atoms with Gasteiger partial charge in [0.05, 0.1) is 5.52 Å². The summed E-state index contributed by atoms with van der Waals surface area (Å²) in [5.41, 5.74) is 3.94. The average molecular weight is 418 g/mol. The Hall–Kier alpha value is -3.67. The van der Waals surface area contributed by atoms with E-state index in [4.69, 9.17) is 4.74 Å². The van der Waals surface area contributed by atoms with Crippen molar-refractivity contribution in [2.45, 2.75) is 13.8 Å². The van der Waals surface area contributed by atoms with E-state index in [0.29, 0.717) is 13.1 Å². The van der Waals surface area contributed by atoms with Gasteiger partial charge in [-0.3, -0.25) is 9.78 Å².